The van der Waals surface area contributed by atoms with Crippen LogP contribution in [0.4, 0.5) is 0 Å². The predicted octanol–water partition coefficient (Wildman–Crippen LogP) is 3.00. The van der Waals surface area contributed by atoms with Crippen LogP contribution in [0.15, 0.2) is 18.2 Å². The molecular formula is C17H26N2. The first kappa shape index (κ1) is 13.1. The van der Waals surface area contributed by atoms with Gasteiger partial charge in [-0.05, 0) is 54.3 Å². The summed E-state index contributed by atoms with van der Waals surface area (Å²) in [6.45, 7) is 6.76. The largest absolute Gasteiger partial charge is 0.312 e. The van der Waals surface area contributed by atoms with Crippen LogP contribution in [-0.4, -0.2) is 13.1 Å². The van der Waals surface area contributed by atoms with E-state index in [1.807, 2.05) is 0 Å². The van der Waals surface area contributed by atoms with E-state index < -0.39 is 0 Å². The van der Waals surface area contributed by atoms with E-state index >= 15 is 0 Å². The van der Waals surface area contributed by atoms with E-state index in [1.54, 1.807) is 5.56 Å². The zero-order valence-corrected chi connectivity index (χ0v) is 12.1. The van der Waals surface area contributed by atoms with Gasteiger partial charge in [0.2, 0.25) is 0 Å². The average Bonchev–Trinajstić information content (AvgIpc) is 2.42. The Kier molecular flexibility index (Phi) is 3.90. The van der Waals surface area contributed by atoms with Crippen LogP contribution in [0.3, 0.4) is 0 Å². The summed E-state index contributed by atoms with van der Waals surface area (Å²) in [6, 6.07) is 6.78. The molecule has 1 aromatic rings. The molecule has 19 heavy (non-hydrogen) atoms. The molecule has 3 rings (SSSR count). The fourth-order valence-electron chi connectivity index (χ4n) is 3.57. The normalized spacial score (nSPS) is 20.7. The zero-order valence-electron chi connectivity index (χ0n) is 12.1. The summed E-state index contributed by atoms with van der Waals surface area (Å²) >= 11 is 0. The highest BCUT2D eigenvalue weighted by Crippen LogP contribution is 2.43. The molecule has 2 aliphatic rings. The Bertz CT molecular complexity index is 429. The lowest BCUT2D eigenvalue weighted by Crippen LogP contribution is -2.39. The number of benzene rings is 1. The molecule has 0 unspecified atom stereocenters. The minimum absolute atomic E-state index is 0.621. The number of rotatable bonds is 5. The van der Waals surface area contributed by atoms with Crippen molar-refractivity contribution in [2.75, 3.05) is 13.1 Å². The van der Waals surface area contributed by atoms with E-state index in [9.17, 15) is 0 Å². The highest BCUT2D eigenvalue weighted by molar-refractivity contribution is 5.36. The molecule has 0 amide bonds. The molecule has 104 valence electrons. The summed E-state index contributed by atoms with van der Waals surface area (Å²) in [4.78, 5) is 0. The maximum absolute atomic E-state index is 3.73. The van der Waals surface area contributed by atoms with Crippen LogP contribution in [0.1, 0.15) is 49.3 Å². The molecule has 0 aromatic heterocycles. The summed E-state index contributed by atoms with van der Waals surface area (Å²) < 4.78 is 0. The molecule has 2 heteroatoms. The smallest absolute Gasteiger partial charge is 0.0208 e. The zero-order chi connectivity index (χ0) is 13.1. The van der Waals surface area contributed by atoms with Crippen molar-refractivity contribution in [1.29, 1.82) is 0 Å². The van der Waals surface area contributed by atoms with Crippen molar-refractivity contribution < 1.29 is 0 Å². The van der Waals surface area contributed by atoms with Gasteiger partial charge in [0, 0.05) is 19.6 Å². The van der Waals surface area contributed by atoms with Crippen molar-refractivity contribution >= 4 is 0 Å². The molecule has 1 aromatic carbocycles. The SMILES string of the molecule is CCC1(CNCc2cccc3c2CCNC3)CCC1. The molecule has 0 bridgehead atoms. The van der Waals surface area contributed by atoms with Gasteiger partial charge in [-0.3, -0.25) is 0 Å². The molecule has 0 spiro atoms. The van der Waals surface area contributed by atoms with E-state index in [0.29, 0.717) is 5.41 Å². The van der Waals surface area contributed by atoms with E-state index in [4.69, 9.17) is 0 Å². The minimum Gasteiger partial charge on any atom is -0.312 e. The fourth-order valence-corrected chi connectivity index (χ4v) is 3.57. The second-order valence-electron chi connectivity index (χ2n) is 6.29. The molecule has 0 atom stereocenters. The van der Waals surface area contributed by atoms with Crippen LogP contribution in [0, 0.1) is 5.41 Å². The third-order valence-corrected chi connectivity index (χ3v) is 5.22. The molecule has 0 saturated heterocycles. The summed E-state index contributed by atoms with van der Waals surface area (Å²) in [7, 11) is 0. The van der Waals surface area contributed by atoms with Crippen molar-refractivity contribution in [2.24, 2.45) is 5.41 Å². The number of fused-ring (bicyclic) bond motifs is 1. The first-order valence-corrected chi connectivity index (χ1v) is 7.84. The lowest BCUT2D eigenvalue weighted by molar-refractivity contribution is 0.124. The molecule has 0 radical (unpaired) electrons. The van der Waals surface area contributed by atoms with Crippen LogP contribution >= 0.6 is 0 Å². The van der Waals surface area contributed by atoms with Crippen LogP contribution in [-0.2, 0) is 19.5 Å². The Balaban J connectivity index is 1.61. The van der Waals surface area contributed by atoms with Gasteiger partial charge in [0.15, 0.2) is 0 Å². The summed E-state index contributed by atoms with van der Waals surface area (Å²) in [5.74, 6) is 0. The third kappa shape index (κ3) is 2.70. The van der Waals surface area contributed by atoms with Crippen LogP contribution in [0.25, 0.3) is 0 Å². The minimum atomic E-state index is 0.621. The van der Waals surface area contributed by atoms with Crippen molar-refractivity contribution in [3.8, 4) is 0 Å². The lowest BCUT2D eigenvalue weighted by Gasteiger charge is -2.41. The molecule has 1 aliphatic heterocycles. The van der Waals surface area contributed by atoms with Gasteiger partial charge >= 0.3 is 0 Å². The Morgan fingerprint density at radius 1 is 1.32 bits per heavy atom. The second kappa shape index (κ2) is 5.64. The summed E-state index contributed by atoms with van der Waals surface area (Å²) in [6.07, 6.45) is 6.80. The van der Waals surface area contributed by atoms with E-state index in [2.05, 4.69) is 35.8 Å². The van der Waals surface area contributed by atoms with E-state index in [0.717, 1.165) is 19.6 Å². The van der Waals surface area contributed by atoms with Crippen molar-refractivity contribution in [3.63, 3.8) is 0 Å². The fraction of sp³-hybridized carbons (Fsp3) is 0.647. The second-order valence-corrected chi connectivity index (χ2v) is 6.29. The number of hydrogen-bond acceptors (Lipinski definition) is 2. The Hall–Kier alpha value is -0.860. The van der Waals surface area contributed by atoms with Crippen molar-refractivity contribution in [1.82, 2.24) is 10.6 Å². The monoisotopic (exact) mass is 258 g/mol. The topological polar surface area (TPSA) is 24.1 Å². The molecule has 2 nitrogen and oxygen atoms in total. The first-order valence-electron chi connectivity index (χ1n) is 7.84. The van der Waals surface area contributed by atoms with Gasteiger partial charge in [-0.2, -0.15) is 0 Å². The molecule has 2 N–H and O–H groups in total. The lowest BCUT2D eigenvalue weighted by atomic mass is 9.67. The molecule has 1 heterocycles. The van der Waals surface area contributed by atoms with E-state index in [-0.39, 0.29) is 0 Å². The van der Waals surface area contributed by atoms with Gasteiger partial charge in [0.05, 0.1) is 0 Å². The number of hydrogen-bond donors (Lipinski definition) is 2. The van der Waals surface area contributed by atoms with Gasteiger partial charge < -0.3 is 10.6 Å². The Morgan fingerprint density at radius 3 is 2.95 bits per heavy atom. The predicted molar refractivity (Wildman–Crippen MR) is 80.1 cm³/mol. The highest BCUT2D eigenvalue weighted by Gasteiger charge is 2.34. The van der Waals surface area contributed by atoms with Crippen LogP contribution in [0.2, 0.25) is 0 Å². The van der Waals surface area contributed by atoms with Gasteiger partial charge in [-0.1, -0.05) is 31.5 Å². The third-order valence-electron chi connectivity index (χ3n) is 5.22. The van der Waals surface area contributed by atoms with Crippen LogP contribution in [0.5, 0.6) is 0 Å². The molecule has 1 saturated carbocycles. The van der Waals surface area contributed by atoms with Gasteiger partial charge in [0.25, 0.3) is 0 Å². The van der Waals surface area contributed by atoms with Gasteiger partial charge in [-0.15, -0.1) is 0 Å². The van der Waals surface area contributed by atoms with Gasteiger partial charge in [-0.25, -0.2) is 0 Å². The number of nitrogens with one attached hydrogen (secondary N) is 2. The highest BCUT2D eigenvalue weighted by atomic mass is 14.9. The Morgan fingerprint density at radius 2 is 2.21 bits per heavy atom. The first-order chi connectivity index (χ1) is 9.33. The van der Waals surface area contributed by atoms with Gasteiger partial charge in [0.1, 0.15) is 0 Å². The standard InChI is InChI=1S/C17H26N2/c1-2-17(8-4-9-17)13-19-12-15-6-3-5-14-11-18-10-7-16(14)15/h3,5-6,18-19H,2,4,7-13H2,1H3. The van der Waals surface area contributed by atoms with Crippen molar-refractivity contribution in [2.45, 2.75) is 52.1 Å². The summed E-state index contributed by atoms with van der Waals surface area (Å²) in [5.41, 5.74) is 5.23. The molecule has 1 fully saturated rings. The average molecular weight is 258 g/mol. The quantitative estimate of drug-likeness (QED) is 0.848. The Labute approximate surface area is 117 Å². The van der Waals surface area contributed by atoms with Crippen molar-refractivity contribution in [3.05, 3.63) is 34.9 Å². The molecular weight excluding hydrogens is 232 g/mol. The molecule has 1 aliphatic carbocycles. The maximum atomic E-state index is 3.73. The summed E-state index contributed by atoms with van der Waals surface area (Å²) in [5, 5.41) is 7.18. The van der Waals surface area contributed by atoms with E-state index in [1.165, 1.54) is 49.8 Å². The maximum Gasteiger partial charge on any atom is 0.0208 e. The van der Waals surface area contributed by atoms with Crippen LogP contribution < -0.4 is 10.6 Å².